The molecule has 0 spiro atoms. The average molecular weight is 223 g/mol. The first kappa shape index (κ1) is 14.8. The minimum Gasteiger partial charge on any atom is -0.390 e. The monoisotopic (exact) mass is 223 g/mol. The van der Waals surface area contributed by atoms with E-state index in [1.165, 1.54) is 19.3 Å². The molecule has 92 valence electrons. The van der Waals surface area contributed by atoms with Gasteiger partial charge in [-0.1, -0.05) is 32.6 Å². The van der Waals surface area contributed by atoms with Crippen molar-refractivity contribution in [2.24, 2.45) is 0 Å². The fourth-order valence-corrected chi connectivity index (χ4v) is 1.36. The minimum atomic E-state index is -2.99. The number of rotatable bonds is 9. The second-order valence-electron chi connectivity index (χ2n) is 4.15. The van der Waals surface area contributed by atoms with Crippen molar-refractivity contribution in [2.75, 3.05) is 13.2 Å². The molecule has 1 unspecified atom stereocenters. The number of hydrogen-bond donors (Lipinski definition) is 2. The molecule has 0 saturated heterocycles. The van der Waals surface area contributed by atoms with E-state index >= 15 is 0 Å². The van der Waals surface area contributed by atoms with Crippen LogP contribution in [0.2, 0.25) is 0 Å². The number of aliphatic hydroxyl groups excluding tert-OH is 1. The van der Waals surface area contributed by atoms with Crippen molar-refractivity contribution in [1.82, 2.24) is 5.32 Å². The molecule has 1 atom stereocenters. The van der Waals surface area contributed by atoms with Crippen LogP contribution in [0.1, 0.15) is 46.0 Å². The maximum Gasteiger partial charge on any atom is 0.282 e. The molecule has 15 heavy (non-hydrogen) atoms. The maximum absolute atomic E-state index is 12.6. The summed E-state index contributed by atoms with van der Waals surface area (Å²) in [5.41, 5.74) is 0. The van der Waals surface area contributed by atoms with E-state index in [9.17, 15) is 8.78 Å². The highest BCUT2D eigenvalue weighted by Gasteiger charge is 2.27. The largest absolute Gasteiger partial charge is 0.390 e. The Morgan fingerprint density at radius 2 is 1.93 bits per heavy atom. The molecule has 4 heteroatoms. The number of hydrogen-bond acceptors (Lipinski definition) is 2. The molecule has 0 amide bonds. The molecule has 0 radical (unpaired) electrons. The highest BCUT2D eigenvalue weighted by molar-refractivity contribution is 4.71. The van der Waals surface area contributed by atoms with Crippen LogP contribution in [0.15, 0.2) is 0 Å². The summed E-state index contributed by atoms with van der Waals surface area (Å²) >= 11 is 0. The minimum absolute atomic E-state index is 0.0966. The van der Waals surface area contributed by atoms with E-state index in [0.29, 0.717) is 0 Å². The van der Waals surface area contributed by atoms with Gasteiger partial charge in [-0.15, -0.1) is 0 Å². The highest BCUT2D eigenvalue weighted by Crippen LogP contribution is 2.11. The molecule has 0 fully saturated rings. The highest BCUT2D eigenvalue weighted by atomic mass is 19.3. The first-order valence-corrected chi connectivity index (χ1v) is 5.74. The van der Waals surface area contributed by atoms with Crippen LogP contribution in [0.5, 0.6) is 0 Å². The van der Waals surface area contributed by atoms with Gasteiger partial charge < -0.3 is 10.4 Å². The lowest BCUT2D eigenvalue weighted by Crippen LogP contribution is -2.40. The van der Waals surface area contributed by atoms with Crippen molar-refractivity contribution in [2.45, 2.75) is 57.9 Å². The average Bonchev–Trinajstić information content (AvgIpc) is 2.22. The van der Waals surface area contributed by atoms with Gasteiger partial charge in [-0.3, -0.25) is 0 Å². The van der Waals surface area contributed by atoms with Gasteiger partial charge in [0.2, 0.25) is 0 Å². The molecule has 0 aromatic rings. The summed E-state index contributed by atoms with van der Waals surface area (Å²) in [5, 5.41) is 11.1. The van der Waals surface area contributed by atoms with Crippen molar-refractivity contribution >= 4 is 0 Å². The Hall–Kier alpha value is -0.220. The van der Waals surface area contributed by atoms with Crippen LogP contribution in [-0.2, 0) is 0 Å². The molecule has 0 rings (SSSR count). The summed E-state index contributed by atoms with van der Waals surface area (Å²) in [6, 6.07) is 0.0966. The standard InChI is InChI=1S/C11H23F2NO/c1-3-4-5-6-7-10(2)14-8-11(12,13)9-15/h10,14-15H,3-9H2,1-2H3. The van der Waals surface area contributed by atoms with Gasteiger partial charge in [-0.2, -0.15) is 0 Å². The zero-order chi connectivity index (χ0) is 11.7. The summed E-state index contributed by atoms with van der Waals surface area (Å²) < 4.78 is 25.3. The van der Waals surface area contributed by atoms with Gasteiger partial charge in [0.25, 0.3) is 5.92 Å². The van der Waals surface area contributed by atoms with Crippen molar-refractivity contribution in [1.29, 1.82) is 0 Å². The number of alkyl halides is 2. The fourth-order valence-electron chi connectivity index (χ4n) is 1.36. The topological polar surface area (TPSA) is 32.3 Å². The molecule has 0 aromatic heterocycles. The molecular weight excluding hydrogens is 200 g/mol. The zero-order valence-corrected chi connectivity index (χ0v) is 9.73. The lowest BCUT2D eigenvalue weighted by molar-refractivity contribution is -0.0491. The van der Waals surface area contributed by atoms with Crippen molar-refractivity contribution < 1.29 is 13.9 Å². The van der Waals surface area contributed by atoms with E-state index in [-0.39, 0.29) is 6.04 Å². The molecule has 0 bridgehead atoms. The Labute approximate surface area is 91.1 Å². The molecular formula is C11H23F2NO. The lowest BCUT2D eigenvalue weighted by Gasteiger charge is -2.18. The third-order valence-corrected chi connectivity index (χ3v) is 2.43. The maximum atomic E-state index is 12.6. The predicted octanol–water partition coefficient (Wildman–Crippen LogP) is 2.56. The van der Waals surface area contributed by atoms with Gasteiger partial charge in [-0.25, -0.2) is 8.78 Å². The van der Waals surface area contributed by atoms with E-state index in [1.54, 1.807) is 0 Å². The fraction of sp³-hybridized carbons (Fsp3) is 1.00. The van der Waals surface area contributed by atoms with E-state index in [4.69, 9.17) is 5.11 Å². The van der Waals surface area contributed by atoms with Gasteiger partial charge in [0.1, 0.15) is 6.61 Å². The first-order valence-electron chi connectivity index (χ1n) is 5.74. The number of aliphatic hydroxyl groups is 1. The number of unbranched alkanes of at least 4 members (excludes halogenated alkanes) is 3. The van der Waals surface area contributed by atoms with Crippen molar-refractivity contribution in [3.05, 3.63) is 0 Å². The molecule has 2 nitrogen and oxygen atoms in total. The third-order valence-electron chi connectivity index (χ3n) is 2.43. The van der Waals surface area contributed by atoms with Crippen LogP contribution in [0, 0.1) is 0 Å². The second-order valence-corrected chi connectivity index (χ2v) is 4.15. The molecule has 0 heterocycles. The quantitative estimate of drug-likeness (QED) is 0.589. The Morgan fingerprint density at radius 3 is 2.47 bits per heavy atom. The Kier molecular flexibility index (Phi) is 7.88. The van der Waals surface area contributed by atoms with Gasteiger partial charge in [-0.05, 0) is 13.3 Å². The summed E-state index contributed by atoms with van der Waals surface area (Å²) in [6.07, 6.45) is 5.55. The van der Waals surface area contributed by atoms with E-state index < -0.39 is 19.1 Å². The Balaban J connectivity index is 3.44. The molecule has 0 aliphatic carbocycles. The first-order chi connectivity index (χ1) is 7.02. The van der Waals surface area contributed by atoms with Gasteiger partial charge in [0, 0.05) is 6.04 Å². The lowest BCUT2D eigenvalue weighted by atomic mass is 10.1. The summed E-state index contributed by atoms with van der Waals surface area (Å²) in [6.45, 7) is 2.53. The molecule has 0 aromatic carbocycles. The van der Waals surface area contributed by atoms with Crippen molar-refractivity contribution in [3.63, 3.8) is 0 Å². The second kappa shape index (κ2) is 7.99. The van der Waals surface area contributed by atoms with Crippen LogP contribution < -0.4 is 5.32 Å². The summed E-state index contributed by atoms with van der Waals surface area (Å²) in [4.78, 5) is 0. The van der Waals surface area contributed by atoms with E-state index in [1.807, 2.05) is 6.92 Å². The zero-order valence-electron chi connectivity index (χ0n) is 9.73. The third kappa shape index (κ3) is 8.75. The smallest absolute Gasteiger partial charge is 0.282 e. The SMILES string of the molecule is CCCCCCC(C)NCC(F)(F)CO. The van der Waals surface area contributed by atoms with Crippen LogP contribution in [0.4, 0.5) is 8.78 Å². The van der Waals surface area contributed by atoms with Crippen LogP contribution in [0.25, 0.3) is 0 Å². The Morgan fingerprint density at radius 1 is 1.27 bits per heavy atom. The number of nitrogens with one attached hydrogen (secondary N) is 1. The molecule has 0 saturated carbocycles. The molecule has 2 N–H and O–H groups in total. The molecule has 0 aliphatic rings. The normalized spacial score (nSPS) is 14.2. The van der Waals surface area contributed by atoms with Gasteiger partial charge in [0.05, 0.1) is 6.54 Å². The van der Waals surface area contributed by atoms with E-state index in [0.717, 1.165) is 12.8 Å². The van der Waals surface area contributed by atoms with Crippen LogP contribution in [-0.4, -0.2) is 30.2 Å². The summed E-state index contributed by atoms with van der Waals surface area (Å²) in [5.74, 6) is -2.99. The van der Waals surface area contributed by atoms with Crippen LogP contribution in [0.3, 0.4) is 0 Å². The molecule has 0 aliphatic heterocycles. The predicted molar refractivity (Wildman–Crippen MR) is 58.3 cm³/mol. The van der Waals surface area contributed by atoms with Gasteiger partial charge in [0.15, 0.2) is 0 Å². The Bertz CT molecular complexity index is 154. The van der Waals surface area contributed by atoms with E-state index in [2.05, 4.69) is 12.2 Å². The van der Waals surface area contributed by atoms with Crippen molar-refractivity contribution in [3.8, 4) is 0 Å². The summed E-state index contributed by atoms with van der Waals surface area (Å²) in [7, 11) is 0. The van der Waals surface area contributed by atoms with Gasteiger partial charge >= 0.3 is 0 Å². The van der Waals surface area contributed by atoms with Crippen LogP contribution >= 0.6 is 0 Å². The number of halogens is 2.